The summed E-state index contributed by atoms with van der Waals surface area (Å²) < 4.78 is 14.3. The molecule has 1 aliphatic rings. The highest BCUT2D eigenvalue weighted by atomic mass is 32.1. The number of rotatable bonds is 4. The molecule has 4 aromatic rings. The van der Waals surface area contributed by atoms with Crippen LogP contribution in [0.2, 0.25) is 0 Å². The molecule has 0 atom stereocenters. The molecule has 0 radical (unpaired) electrons. The molecule has 1 aromatic carbocycles. The number of ketones is 1. The molecule has 1 aliphatic heterocycles. The molecule has 0 bridgehead atoms. The number of ether oxygens (including phenoxy) is 2. The van der Waals surface area contributed by atoms with Crippen LogP contribution in [0.25, 0.3) is 15.9 Å². The molecule has 5 rings (SSSR count). The minimum Gasteiger partial charge on any atom is -0.454 e. The molecule has 0 saturated heterocycles. The first-order valence-electron chi connectivity index (χ1n) is 9.92. The predicted octanol–water partition coefficient (Wildman–Crippen LogP) is 4.09. The van der Waals surface area contributed by atoms with Crippen LogP contribution < -0.4 is 15.0 Å². The summed E-state index contributed by atoms with van der Waals surface area (Å²) >= 11 is 1.50. The maximum atomic E-state index is 13.2. The van der Waals surface area contributed by atoms with E-state index < -0.39 is 0 Å². The summed E-state index contributed by atoms with van der Waals surface area (Å²) in [6, 6.07) is 7.56. The normalized spacial score (nSPS) is 12.6. The number of carbonyl (C=O) groups excluding carboxylic acids is 1. The van der Waals surface area contributed by atoms with Gasteiger partial charge in [0, 0.05) is 33.6 Å². The molecule has 4 heterocycles. The maximum absolute atomic E-state index is 13.2. The lowest BCUT2D eigenvalue weighted by Gasteiger charge is -2.11. The van der Waals surface area contributed by atoms with Crippen LogP contribution in [0.3, 0.4) is 0 Å². The Morgan fingerprint density at radius 1 is 1.13 bits per heavy atom. The third-order valence-electron chi connectivity index (χ3n) is 5.82. The highest BCUT2D eigenvalue weighted by molar-refractivity contribution is 7.18. The minimum absolute atomic E-state index is 0.0540. The van der Waals surface area contributed by atoms with Gasteiger partial charge in [0.2, 0.25) is 6.79 Å². The van der Waals surface area contributed by atoms with Crippen LogP contribution in [0.5, 0.6) is 11.5 Å². The number of aromatic nitrogens is 3. The highest BCUT2D eigenvalue weighted by Crippen LogP contribution is 2.35. The number of carbonyl (C=O) groups is 1. The Morgan fingerprint density at radius 3 is 2.71 bits per heavy atom. The van der Waals surface area contributed by atoms with E-state index >= 15 is 0 Å². The summed E-state index contributed by atoms with van der Waals surface area (Å²) in [5.74, 6) is 1.27. The van der Waals surface area contributed by atoms with Gasteiger partial charge in [0.15, 0.2) is 17.3 Å². The molecule has 7 nitrogen and oxygen atoms in total. The predicted molar refractivity (Wildman–Crippen MR) is 119 cm³/mol. The van der Waals surface area contributed by atoms with Crippen molar-refractivity contribution in [1.82, 2.24) is 14.1 Å². The molecule has 0 spiro atoms. The molecule has 8 heteroatoms. The van der Waals surface area contributed by atoms with Gasteiger partial charge in [0.25, 0.3) is 5.56 Å². The number of nitrogens with zero attached hydrogens (tertiary/aromatic N) is 3. The first kappa shape index (κ1) is 19.6. The first-order chi connectivity index (χ1) is 14.8. The SMILES string of the molecule is Cc1sc2ncn(CC(=O)c3cc(C)n(-c4ccc5c(c4)OCO5)c3C)c(=O)c2c1C. The van der Waals surface area contributed by atoms with Gasteiger partial charge in [-0.3, -0.25) is 14.2 Å². The topological polar surface area (TPSA) is 75.3 Å². The van der Waals surface area contributed by atoms with Crippen molar-refractivity contribution in [1.29, 1.82) is 0 Å². The third kappa shape index (κ3) is 3.06. The summed E-state index contributed by atoms with van der Waals surface area (Å²) in [6.45, 7) is 7.90. The molecule has 0 aliphatic carbocycles. The fraction of sp³-hybridized carbons (Fsp3) is 0.261. The molecule has 0 unspecified atom stereocenters. The lowest BCUT2D eigenvalue weighted by Crippen LogP contribution is -2.24. The number of hydrogen-bond donors (Lipinski definition) is 0. The molecule has 0 amide bonds. The Balaban J connectivity index is 1.50. The van der Waals surface area contributed by atoms with Crippen LogP contribution in [-0.4, -0.2) is 26.7 Å². The van der Waals surface area contributed by atoms with Crippen LogP contribution in [0, 0.1) is 27.7 Å². The number of Topliss-reactive ketones (excluding diaryl/α,β-unsaturated/α-hetero) is 1. The van der Waals surface area contributed by atoms with Crippen molar-refractivity contribution in [3.05, 3.63) is 68.3 Å². The quantitative estimate of drug-likeness (QED) is 0.451. The van der Waals surface area contributed by atoms with Crippen LogP contribution in [-0.2, 0) is 6.54 Å². The van der Waals surface area contributed by atoms with Gasteiger partial charge < -0.3 is 14.0 Å². The third-order valence-corrected chi connectivity index (χ3v) is 6.93. The molecule has 31 heavy (non-hydrogen) atoms. The smallest absolute Gasteiger partial charge is 0.262 e. The fourth-order valence-corrected chi connectivity index (χ4v) is 5.08. The van der Waals surface area contributed by atoms with Crippen LogP contribution in [0.15, 0.2) is 35.4 Å². The van der Waals surface area contributed by atoms with E-state index in [1.165, 1.54) is 22.2 Å². The van der Waals surface area contributed by atoms with Gasteiger partial charge in [-0.2, -0.15) is 0 Å². The molecule has 3 aromatic heterocycles. The summed E-state index contributed by atoms with van der Waals surface area (Å²) in [6.07, 6.45) is 1.47. The van der Waals surface area contributed by atoms with Crippen molar-refractivity contribution in [2.75, 3.05) is 6.79 Å². The zero-order valence-corrected chi connectivity index (χ0v) is 18.5. The van der Waals surface area contributed by atoms with Crippen molar-refractivity contribution >= 4 is 27.3 Å². The van der Waals surface area contributed by atoms with Crippen LogP contribution in [0.4, 0.5) is 0 Å². The van der Waals surface area contributed by atoms with Crippen LogP contribution in [0.1, 0.15) is 32.2 Å². The first-order valence-corrected chi connectivity index (χ1v) is 10.7. The fourth-order valence-electron chi connectivity index (χ4n) is 4.09. The molecular weight excluding hydrogens is 414 g/mol. The van der Waals surface area contributed by atoms with Crippen molar-refractivity contribution in [3.8, 4) is 17.2 Å². The monoisotopic (exact) mass is 435 g/mol. The summed E-state index contributed by atoms with van der Waals surface area (Å²) in [7, 11) is 0. The summed E-state index contributed by atoms with van der Waals surface area (Å²) in [5, 5.41) is 0.601. The Labute approximate surface area is 182 Å². The maximum Gasteiger partial charge on any atom is 0.262 e. The largest absolute Gasteiger partial charge is 0.454 e. The Hall–Kier alpha value is -3.39. The zero-order valence-electron chi connectivity index (χ0n) is 17.7. The van der Waals surface area contributed by atoms with E-state index in [0.717, 1.165) is 27.5 Å². The highest BCUT2D eigenvalue weighted by Gasteiger charge is 2.21. The minimum atomic E-state index is -0.176. The van der Waals surface area contributed by atoms with Gasteiger partial charge in [-0.1, -0.05) is 0 Å². The van der Waals surface area contributed by atoms with E-state index in [-0.39, 0.29) is 24.7 Å². The van der Waals surface area contributed by atoms with Crippen LogP contribution >= 0.6 is 11.3 Å². The van der Waals surface area contributed by atoms with E-state index in [2.05, 4.69) is 4.98 Å². The van der Waals surface area contributed by atoms with E-state index in [1.807, 2.05) is 56.5 Å². The lowest BCUT2D eigenvalue weighted by atomic mass is 10.1. The van der Waals surface area contributed by atoms with Gasteiger partial charge in [0.1, 0.15) is 4.83 Å². The lowest BCUT2D eigenvalue weighted by molar-refractivity contribution is 0.0970. The molecular formula is C23H21N3O4S. The Bertz CT molecular complexity index is 1430. The zero-order chi connectivity index (χ0) is 21.9. The number of hydrogen-bond acceptors (Lipinski definition) is 6. The Kier molecular flexibility index (Phi) is 4.48. The van der Waals surface area contributed by atoms with E-state index in [9.17, 15) is 9.59 Å². The van der Waals surface area contributed by atoms with Crippen molar-refractivity contribution in [2.45, 2.75) is 34.2 Å². The van der Waals surface area contributed by atoms with Gasteiger partial charge in [-0.15, -0.1) is 11.3 Å². The van der Waals surface area contributed by atoms with Gasteiger partial charge >= 0.3 is 0 Å². The number of fused-ring (bicyclic) bond motifs is 2. The number of aryl methyl sites for hydroxylation is 3. The van der Waals surface area contributed by atoms with Gasteiger partial charge in [-0.25, -0.2) is 4.98 Å². The number of thiophene rings is 1. The second kappa shape index (κ2) is 7.09. The summed E-state index contributed by atoms with van der Waals surface area (Å²) in [5.41, 5.74) is 3.96. The van der Waals surface area contributed by atoms with E-state index in [4.69, 9.17) is 9.47 Å². The standard InChI is InChI=1S/C23H21N3O4S/c1-12-7-17(14(3)26(12)16-5-6-19-20(8-16)30-11-29-19)18(27)9-25-10-24-22-21(23(25)28)13(2)15(4)31-22/h5-8,10H,9,11H2,1-4H3. The van der Waals surface area contributed by atoms with E-state index in [0.29, 0.717) is 27.3 Å². The van der Waals surface area contributed by atoms with Gasteiger partial charge in [0.05, 0.1) is 18.3 Å². The van der Waals surface area contributed by atoms with Crippen molar-refractivity contribution in [3.63, 3.8) is 0 Å². The van der Waals surface area contributed by atoms with Gasteiger partial charge in [-0.05, 0) is 51.5 Å². The average Bonchev–Trinajstić information content (AvgIpc) is 3.40. The molecule has 0 fully saturated rings. The average molecular weight is 436 g/mol. The van der Waals surface area contributed by atoms with Crippen molar-refractivity contribution < 1.29 is 14.3 Å². The molecule has 0 N–H and O–H groups in total. The molecule has 158 valence electrons. The Morgan fingerprint density at radius 2 is 1.90 bits per heavy atom. The van der Waals surface area contributed by atoms with E-state index in [1.54, 1.807) is 0 Å². The molecule has 0 saturated carbocycles. The second-order valence-electron chi connectivity index (χ2n) is 7.72. The number of benzene rings is 1. The summed E-state index contributed by atoms with van der Waals surface area (Å²) in [4.78, 5) is 32.3. The second-order valence-corrected chi connectivity index (χ2v) is 8.93. The van der Waals surface area contributed by atoms with Crippen molar-refractivity contribution in [2.24, 2.45) is 0 Å².